The first-order valence-electron chi connectivity index (χ1n) is 6.64. The van der Waals surface area contributed by atoms with Gasteiger partial charge in [0.05, 0.1) is 22.2 Å². The van der Waals surface area contributed by atoms with Gasteiger partial charge in [0.2, 0.25) is 0 Å². The van der Waals surface area contributed by atoms with E-state index >= 15 is 0 Å². The summed E-state index contributed by atoms with van der Waals surface area (Å²) in [4.78, 5) is 0. The minimum Gasteiger partial charge on any atom is -0.388 e. The van der Waals surface area contributed by atoms with Crippen LogP contribution in [-0.4, -0.2) is 16.7 Å². The Kier molecular flexibility index (Phi) is 4.03. The molecule has 0 aliphatic heterocycles. The average Bonchev–Trinajstić information content (AvgIpc) is 2.37. The van der Waals surface area contributed by atoms with Gasteiger partial charge in [0.15, 0.2) is 0 Å². The molecule has 102 valence electrons. The first-order valence-corrected chi connectivity index (χ1v) is 7.01. The lowest BCUT2D eigenvalue weighted by atomic mass is 9.81. The summed E-state index contributed by atoms with van der Waals surface area (Å²) in [6.07, 6.45) is 3.95. The van der Waals surface area contributed by atoms with Crippen LogP contribution in [0.15, 0.2) is 12.1 Å². The molecule has 1 aromatic rings. The molecule has 0 unspecified atom stereocenters. The number of hydrogen-bond acceptors (Lipinski definition) is 3. The molecule has 19 heavy (non-hydrogen) atoms. The van der Waals surface area contributed by atoms with Gasteiger partial charge in [-0.15, -0.1) is 0 Å². The van der Waals surface area contributed by atoms with E-state index < -0.39 is 5.60 Å². The molecule has 0 amide bonds. The Labute approximate surface area is 119 Å². The van der Waals surface area contributed by atoms with Crippen molar-refractivity contribution in [3.63, 3.8) is 0 Å². The monoisotopic (exact) mass is 278 g/mol. The standard InChI is InChI=1S/C15H19ClN2O/c1-10-12(7-6-11(9-17)14(10)16)18-13-5-3-4-8-15(13,2)19/h6-7,13,18-19H,3-5,8H2,1-2H3/t13-,15-/m0/s1. The van der Waals surface area contributed by atoms with E-state index in [0.29, 0.717) is 10.6 Å². The highest BCUT2D eigenvalue weighted by Gasteiger charge is 2.34. The highest BCUT2D eigenvalue weighted by molar-refractivity contribution is 6.32. The SMILES string of the molecule is Cc1c(N[C@H]2CCCC[C@]2(C)O)ccc(C#N)c1Cl. The fraction of sp³-hybridized carbons (Fsp3) is 0.533. The zero-order chi connectivity index (χ0) is 14.0. The Bertz CT molecular complexity index is 520. The normalized spacial score (nSPS) is 26.8. The van der Waals surface area contributed by atoms with Crippen LogP contribution in [0.2, 0.25) is 5.02 Å². The fourth-order valence-corrected chi connectivity index (χ4v) is 2.87. The molecule has 2 rings (SSSR count). The lowest BCUT2D eigenvalue weighted by molar-refractivity contribution is 0.0106. The van der Waals surface area contributed by atoms with Crippen molar-refractivity contribution < 1.29 is 5.11 Å². The molecule has 2 N–H and O–H groups in total. The second-order valence-electron chi connectivity index (χ2n) is 5.51. The van der Waals surface area contributed by atoms with E-state index in [9.17, 15) is 5.11 Å². The number of aliphatic hydroxyl groups is 1. The van der Waals surface area contributed by atoms with Crippen LogP contribution in [0.25, 0.3) is 0 Å². The number of halogens is 1. The van der Waals surface area contributed by atoms with E-state index in [-0.39, 0.29) is 6.04 Å². The van der Waals surface area contributed by atoms with E-state index in [2.05, 4.69) is 11.4 Å². The summed E-state index contributed by atoms with van der Waals surface area (Å²) >= 11 is 6.16. The van der Waals surface area contributed by atoms with Crippen LogP contribution >= 0.6 is 11.6 Å². The maximum absolute atomic E-state index is 10.4. The van der Waals surface area contributed by atoms with Crippen molar-refractivity contribution in [2.24, 2.45) is 0 Å². The first-order chi connectivity index (χ1) is 8.95. The summed E-state index contributed by atoms with van der Waals surface area (Å²) in [6, 6.07) is 5.69. The van der Waals surface area contributed by atoms with Crippen LogP contribution in [0.1, 0.15) is 43.7 Å². The van der Waals surface area contributed by atoms with Gasteiger partial charge in [-0.1, -0.05) is 24.4 Å². The number of benzene rings is 1. The molecule has 2 atom stereocenters. The molecular formula is C15H19ClN2O. The van der Waals surface area contributed by atoms with Crippen molar-refractivity contribution in [1.82, 2.24) is 0 Å². The number of hydrogen-bond donors (Lipinski definition) is 2. The number of nitrogens with one attached hydrogen (secondary N) is 1. The smallest absolute Gasteiger partial charge is 0.101 e. The van der Waals surface area contributed by atoms with Crippen LogP contribution in [0.4, 0.5) is 5.69 Å². The predicted octanol–water partition coefficient (Wildman–Crippen LogP) is 3.63. The Hall–Kier alpha value is -1.24. The van der Waals surface area contributed by atoms with Crippen molar-refractivity contribution >= 4 is 17.3 Å². The van der Waals surface area contributed by atoms with Gasteiger partial charge in [-0.05, 0) is 44.4 Å². The topological polar surface area (TPSA) is 56.0 Å². The van der Waals surface area contributed by atoms with Gasteiger partial charge >= 0.3 is 0 Å². The van der Waals surface area contributed by atoms with Crippen molar-refractivity contribution in [1.29, 1.82) is 5.26 Å². The molecule has 1 aliphatic rings. The van der Waals surface area contributed by atoms with E-state index in [1.807, 2.05) is 19.9 Å². The molecule has 1 fully saturated rings. The van der Waals surface area contributed by atoms with Gasteiger partial charge < -0.3 is 10.4 Å². The van der Waals surface area contributed by atoms with Crippen LogP contribution in [0, 0.1) is 18.3 Å². The summed E-state index contributed by atoms with van der Waals surface area (Å²) in [5.41, 5.74) is 1.56. The molecule has 1 saturated carbocycles. The van der Waals surface area contributed by atoms with Gasteiger partial charge in [0.25, 0.3) is 0 Å². The minimum absolute atomic E-state index is 0.0314. The van der Waals surface area contributed by atoms with Crippen LogP contribution in [0.5, 0.6) is 0 Å². The summed E-state index contributed by atoms with van der Waals surface area (Å²) in [5, 5.41) is 23.2. The highest BCUT2D eigenvalue weighted by atomic mass is 35.5. The van der Waals surface area contributed by atoms with E-state index in [1.54, 1.807) is 6.07 Å². The first kappa shape index (κ1) is 14.2. The fourth-order valence-electron chi connectivity index (χ4n) is 2.66. The molecule has 3 nitrogen and oxygen atoms in total. The second-order valence-corrected chi connectivity index (χ2v) is 5.89. The molecule has 1 aliphatic carbocycles. The zero-order valence-corrected chi connectivity index (χ0v) is 12.1. The Balaban J connectivity index is 2.24. The summed E-state index contributed by atoms with van der Waals surface area (Å²) in [7, 11) is 0. The third kappa shape index (κ3) is 2.86. The van der Waals surface area contributed by atoms with Gasteiger partial charge in [0, 0.05) is 5.69 Å². The molecule has 0 heterocycles. The Morgan fingerprint density at radius 2 is 2.21 bits per heavy atom. The number of nitriles is 1. The quantitative estimate of drug-likeness (QED) is 0.869. The third-order valence-electron chi connectivity index (χ3n) is 4.01. The van der Waals surface area contributed by atoms with Crippen molar-refractivity contribution in [3.05, 3.63) is 28.3 Å². The van der Waals surface area contributed by atoms with Crippen LogP contribution in [-0.2, 0) is 0 Å². The summed E-state index contributed by atoms with van der Waals surface area (Å²) < 4.78 is 0. The van der Waals surface area contributed by atoms with Crippen molar-refractivity contribution in [2.75, 3.05) is 5.32 Å². The van der Waals surface area contributed by atoms with Crippen molar-refractivity contribution in [3.8, 4) is 6.07 Å². The second kappa shape index (κ2) is 5.40. The predicted molar refractivity (Wildman–Crippen MR) is 77.4 cm³/mol. The van der Waals surface area contributed by atoms with E-state index in [4.69, 9.17) is 16.9 Å². The Morgan fingerprint density at radius 1 is 1.47 bits per heavy atom. The molecule has 0 spiro atoms. The maximum Gasteiger partial charge on any atom is 0.101 e. The lowest BCUT2D eigenvalue weighted by Crippen LogP contribution is -2.46. The molecule has 0 aromatic heterocycles. The Morgan fingerprint density at radius 3 is 2.84 bits per heavy atom. The largest absolute Gasteiger partial charge is 0.388 e. The molecule has 0 bridgehead atoms. The van der Waals surface area contributed by atoms with Gasteiger partial charge in [0.1, 0.15) is 6.07 Å². The average molecular weight is 279 g/mol. The molecule has 4 heteroatoms. The summed E-state index contributed by atoms with van der Waals surface area (Å²) in [5.74, 6) is 0. The molecule has 0 radical (unpaired) electrons. The number of rotatable bonds is 2. The van der Waals surface area contributed by atoms with Crippen molar-refractivity contribution in [2.45, 2.75) is 51.2 Å². The van der Waals surface area contributed by atoms with Gasteiger partial charge in [-0.25, -0.2) is 0 Å². The van der Waals surface area contributed by atoms with E-state index in [0.717, 1.165) is 36.9 Å². The van der Waals surface area contributed by atoms with E-state index in [1.165, 1.54) is 0 Å². The minimum atomic E-state index is -0.689. The highest BCUT2D eigenvalue weighted by Crippen LogP contribution is 2.33. The number of nitrogens with zero attached hydrogens (tertiary/aromatic N) is 1. The lowest BCUT2D eigenvalue weighted by Gasteiger charge is -2.38. The molecule has 0 saturated heterocycles. The summed E-state index contributed by atoms with van der Waals surface area (Å²) in [6.45, 7) is 3.77. The zero-order valence-electron chi connectivity index (χ0n) is 11.3. The third-order valence-corrected chi connectivity index (χ3v) is 4.50. The van der Waals surface area contributed by atoms with Crippen LogP contribution in [0.3, 0.4) is 0 Å². The van der Waals surface area contributed by atoms with Gasteiger partial charge in [-0.3, -0.25) is 0 Å². The molecular weight excluding hydrogens is 260 g/mol. The van der Waals surface area contributed by atoms with Gasteiger partial charge in [-0.2, -0.15) is 5.26 Å². The maximum atomic E-state index is 10.4. The van der Waals surface area contributed by atoms with Crippen LogP contribution < -0.4 is 5.32 Å². The molecule has 1 aromatic carbocycles. The number of anilines is 1.